The van der Waals surface area contributed by atoms with Crippen molar-refractivity contribution in [3.8, 4) is 0 Å². The summed E-state index contributed by atoms with van der Waals surface area (Å²) in [5.74, 6) is 0.0895. The summed E-state index contributed by atoms with van der Waals surface area (Å²) in [5, 5.41) is -0.0820. The second kappa shape index (κ2) is 5.92. The Labute approximate surface area is 122 Å². The maximum absolute atomic E-state index is 13.8. The van der Waals surface area contributed by atoms with Crippen LogP contribution in [-0.4, -0.2) is 18.0 Å². The average Bonchev–Trinajstić information content (AvgIpc) is 2.78. The van der Waals surface area contributed by atoms with E-state index in [9.17, 15) is 12.8 Å². The van der Waals surface area contributed by atoms with Crippen molar-refractivity contribution in [2.75, 3.05) is 0 Å². The van der Waals surface area contributed by atoms with E-state index in [1.165, 1.54) is 18.3 Å². The fourth-order valence-electron chi connectivity index (χ4n) is 1.76. The van der Waals surface area contributed by atoms with Crippen molar-refractivity contribution in [2.45, 2.75) is 25.0 Å². The topological polar surface area (TPSA) is 90.0 Å². The van der Waals surface area contributed by atoms with E-state index in [4.69, 9.17) is 5.73 Å². The number of aromatic nitrogens is 2. The number of aryl methyl sites for hydroxylation is 2. The Morgan fingerprint density at radius 1 is 1.43 bits per heavy atom. The Morgan fingerprint density at radius 2 is 2.14 bits per heavy atom. The third kappa shape index (κ3) is 3.46. The summed E-state index contributed by atoms with van der Waals surface area (Å²) in [5.41, 5.74) is 6.32. The molecule has 6 nitrogen and oxygen atoms in total. The van der Waals surface area contributed by atoms with Gasteiger partial charge < -0.3 is 10.3 Å². The van der Waals surface area contributed by atoms with Crippen molar-refractivity contribution in [2.24, 2.45) is 12.8 Å². The van der Waals surface area contributed by atoms with Crippen LogP contribution in [0.15, 0.2) is 29.4 Å². The molecule has 114 valence electrons. The van der Waals surface area contributed by atoms with Gasteiger partial charge in [-0.05, 0) is 18.6 Å². The van der Waals surface area contributed by atoms with Crippen LogP contribution in [-0.2, 0) is 30.2 Å². The summed E-state index contributed by atoms with van der Waals surface area (Å²) in [7, 11) is -2.06. The van der Waals surface area contributed by atoms with Gasteiger partial charge in [0.05, 0.1) is 0 Å². The van der Waals surface area contributed by atoms with Crippen molar-refractivity contribution in [3.05, 3.63) is 47.2 Å². The van der Waals surface area contributed by atoms with Crippen molar-refractivity contribution >= 4 is 10.0 Å². The Morgan fingerprint density at radius 3 is 2.67 bits per heavy atom. The molecule has 21 heavy (non-hydrogen) atoms. The number of benzene rings is 1. The number of nitrogens with two attached hydrogens (primary N) is 1. The lowest BCUT2D eigenvalue weighted by molar-refractivity contribution is 0.571. The first kappa shape index (κ1) is 15.6. The van der Waals surface area contributed by atoms with E-state index in [-0.39, 0.29) is 23.7 Å². The first-order valence-corrected chi connectivity index (χ1v) is 7.79. The molecule has 2 rings (SSSR count). The Kier molecular flexibility index (Phi) is 4.40. The molecule has 0 aliphatic heterocycles. The van der Waals surface area contributed by atoms with Gasteiger partial charge in [-0.1, -0.05) is 12.1 Å². The van der Waals surface area contributed by atoms with Crippen LogP contribution >= 0.6 is 0 Å². The van der Waals surface area contributed by atoms with Gasteiger partial charge in [0.1, 0.15) is 11.6 Å². The van der Waals surface area contributed by atoms with E-state index < -0.39 is 15.8 Å². The number of imidazole rings is 1. The maximum atomic E-state index is 13.8. The number of hydrogen-bond acceptors (Lipinski definition) is 4. The predicted octanol–water partition coefficient (Wildman–Crippen LogP) is 0.805. The lowest BCUT2D eigenvalue weighted by atomic mass is 10.1. The molecule has 0 saturated carbocycles. The van der Waals surface area contributed by atoms with Gasteiger partial charge in [-0.3, -0.25) is 0 Å². The third-order valence-electron chi connectivity index (χ3n) is 3.17. The normalized spacial score (nSPS) is 11.8. The molecule has 0 aliphatic carbocycles. The summed E-state index contributed by atoms with van der Waals surface area (Å²) in [4.78, 5) is 3.95. The third-order valence-corrected chi connectivity index (χ3v) is 4.44. The van der Waals surface area contributed by atoms with Gasteiger partial charge in [0, 0.05) is 31.9 Å². The Balaban J connectivity index is 2.15. The first-order chi connectivity index (χ1) is 9.83. The number of sulfonamides is 1. The fourth-order valence-corrected chi connectivity index (χ4v) is 2.81. The minimum Gasteiger partial charge on any atom is -0.337 e. The van der Waals surface area contributed by atoms with E-state index in [0.29, 0.717) is 11.4 Å². The van der Waals surface area contributed by atoms with Gasteiger partial charge in [0.15, 0.2) is 5.03 Å². The number of nitrogens with one attached hydrogen (secondary N) is 1. The Hall–Kier alpha value is -1.77. The van der Waals surface area contributed by atoms with Crippen LogP contribution in [0, 0.1) is 12.7 Å². The van der Waals surface area contributed by atoms with Crippen LogP contribution in [0.2, 0.25) is 0 Å². The number of hydrogen-bond donors (Lipinski definition) is 2. The molecule has 0 saturated heterocycles. The smallest absolute Gasteiger partial charge is 0.259 e. The SMILES string of the molecule is Cc1nc(S(=O)(=O)NCc2ccc(CN)cc2F)cn1C. The van der Waals surface area contributed by atoms with Crippen LogP contribution in [0.1, 0.15) is 17.0 Å². The molecule has 8 heteroatoms. The largest absolute Gasteiger partial charge is 0.337 e. The number of halogens is 1. The number of nitrogens with zero attached hydrogens (tertiary/aromatic N) is 2. The average molecular weight is 312 g/mol. The summed E-state index contributed by atoms with van der Waals surface area (Å²) < 4.78 is 41.9. The number of rotatable bonds is 5. The van der Waals surface area contributed by atoms with Crippen molar-refractivity contribution in [3.63, 3.8) is 0 Å². The van der Waals surface area contributed by atoms with E-state index in [1.54, 1.807) is 24.6 Å². The minimum atomic E-state index is -3.77. The molecule has 1 aromatic heterocycles. The molecule has 0 aliphatic rings. The fraction of sp³-hybridized carbons (Fsp3) is 0.308. The molecule has 0 amide bonds. The highest BCUT2D eigenvalue weighted by molar-refractivity contribution is 7.89. The standard InChI is InChI=1S/C13H17FN4O2S/c1-9-17-13(8-18(9)2)21(19,20)16-7-11-4-3-10(6-15)5-12(11)14/h3-5,8,16H,6-7,15H2,1-2H3. The highest BCUT2D eigenvalue weighted by atomic mass is 32.2. The molecule has 0 atom stereocenters. The summed E-state index contributed by atoms with van der Waals surface area (Å²) in [6.45, 7) is 1.79. The Bertz CT molecular complexity index is 736. The highest BCUT2D eigenvalue weighted by Gasteiger charge is 2.18. The zero-order valence-corrected chi connectivity index (χ0v) is 12.6. The molecule has 3 N–H and O–H groups in total. The monoisotopic (exact) mass is 312 g/mol. The van der Waals surface area contributed by atoms with Crippen molar-refractivity contribution in [1.82, 2.24) is 14.3 Å². The summed E-state index contributed by atoms with van der Waals surface area (Å²) >= 11 is 0. The van der Waals surface area contributed by atoms with Gasteiger partial charge >= 0.3 is 0 Å². The summed E-state index contributed by atoms with van der Waals surface area (Å²) in [6.07, 6.45) is 1.41. The van der Waals surface area contributed by atoms with Crippen molar-refractivity contribution < 1.29 is 12.8 Å². The van der Waals surface area contributed by atoms with Crippen LogP contribution < -0.4 is 10.5 Å². The molecule has 0 radical (unpaired) electrons. The van der Waals surface area contributed by atoms with Gasteiger partial charge in [-0.15, -0.1) is 0 Å². The van der Waals surface area contributed by atoms with Gasteiger partial charge in [0.25, 0.3) is 10.0 Å². The van der Waals surface area contributed by atoms with E-state index >= 15 is 0 Å². The van der Waals surface area contributed by atoms with Gasteiger partial charge in [-0.25, -0.2) is 22.5 Å². The summed E-state index contributed by atoms with van der Waals surface area (Å²) in [6, 6.07) is 4.48. The molecule has 0 spiro atoms. The lowest BCUT2D eigenvalue weighted by Gasteiger charge is -2.07. The second-order valence-corrected chi connectivity index (χ2v) is 6.41. The van der Waals surface area contributed by atoms with Gasteiger partial charge in [-0.2, -0.15) is 0 Å². The maximum Gasteiger partial charge on any atom is 0.259 e. The van der Waals surface area contributed by atoms with Crippen LogP contribution in [0.25, 0.3) is 0 Å². The van der Waals surface area contributed by atoms with E-state index in [0.717, 1.165) is 0 Å². The molecular weight excluding hydrogens is 295 g/mol. The minimum absolute atomic E-state index is 0.0820. The first-order valence-electron chi connectivity index (χ1n) is 6.30. The van der Waals surface area contributed by atoms with Crippen LogP contribution in [0.4, 0.5) is 4.39 Å². The predicted molar refractivity (Wildman–Crippen MR) is 76.3 cm³/mol. The molecule has 1 aromatic carbocycles. The van der Waals surface area contributed by atoms with E-state index in [2.05, 4.69) is 9.71 Å². The van der Waals surface area contributed by atoms with Crippen molar-refractivity contribution in [1.29, 1.82) is 0 Å². The second-order valence-electron chi connectivity index (χ2n) is 4.69. The van der Waals surface area contributed by atoms with Gasteiger partial charge in [0.2, 0.25) is 0 Å². The zero-order chi connectivity index (χ0) is 15.6. The van der Waals surface area contributed by atoms with E-state index in [1.807, 2.05) is 0 Å². The molecule has 0 unspecified atom stereocenters. The molecule has 2 aromatic rings. The van der Waals surface area contributed by atoms with Crippen LogP contribution in [0.5, 0.6) is 0 Å². The zero-order valence-electron chi connectivity index (χ0n) is 11.8. The molecule has 0 bridgehead atoms. The highest BCUT2D eigenvalue weighted by Crippen LogP contribution is 2.12. The quantitative estimate of drug-likeness (QED) is 0.854. The van der Waals surface area contributed by atoms with Crippen LogP contribution in [0.3, 0.4) is 0 Å². The lowest BCUT2D eigenvalue weighted by Crippen LogP contribution is -2.24. The molecule has 0 fully saturated rings. The molecular formula is C13H17FN4O2S. The molecule has 1 heterocycles.